The van der Waals surface area contributed by atoms with E-state index in [1.165, 1.54) is 12.1 Å². The first-order chi connectivity index (χ1) is 13.1. The highest BCUT2D eigenvalue weighted by Crippen LogP contribution is 2.32. The topological polar surface area (TPSA) is 59.2 Å². The van der Waals surface area contributed by atoms with Crippen LogP contribution in [0, 0.1) is 12.7 Å². The van der Waals surface area contributed by atoms with E-state index in [-0.39, 0.29) is 11.9 Å². The summed E-state index contributed by atoms with van der Waals surface area (Å²) in [6, 6.07) is 13.3. The summed E-state index contributed by atoms with van der Waals surface area (Å²) >= 11 is 0. The van der Waals surface area contributed by atoms with E-state index < -0.39 is 5.82 Å². The fraction of sp³-hybridized carbons (Fsp3) is 0.286. The van der Waals surface area contributed by atoms with Gasteiger partial charge in [-0.3, -0.25) is 4.79 Å². The van der Waals surface area contributed by atoms with Gasteiger partial charge >= 0.3 is 0 Å². The van der Waals surface area contributed by atoms with Crippen LogP contribution in [-0.2, 0) is 0 Å². The molecule has 5 nitrogen and oxygen atoms in total. The maximum Gasteiger partial charge on any atom is 0.254 e. The number of likely N-dealkylation sites (tertiary alicyclic amines) is 1. The van der Waals surface area contributed by atoms with Gasteiger partial charge in [0, 0.05) is 17.7 Å². The van der Waals surface area contributed by atoms with Gasteiger partial charge in [-0.2, -0.15) is 4.98 Å². The van der Waals surface area contributed by atoms with Crippen molar-refractivity contribution in [2.24, 2.45) is 0 Å². The van der Waals surface area contributed by atoms with Crippen LogP contribution < -0.4 is 0 Å². The standard InChI is InChI=1S/C21H20FN3O2/c1-14-8-10-15(11-9-14)19-23-20(27-24-19)18-7-2-3-12-25(18)21(26)16-5-4-6-17(22)13-16/h4-6,8-11,13,18H,2-3,7,12H2,1H3. The van der Waals surface area contributed by atoms with E-state index in [1.807, 2.05) is 31.2 Å². The number of aryl methyl sites for hydroxylation is 1. The Hall–Kier alpha value is -3.02. The van der Waals surface area contributed by atoms with Gasteiger partial charge in [0.25, 0.3) is 5.91 Å². The molecule has 1 fully saturated rings. The third-order valence-corrected chi connectivity index (χ3v) is 4.87. The summed E-state index contributed by atoms with van der Waals surface area (Å²) in [6.45, 7) is 2.60. The summed E-state index contributed by atoms with van der Waals surface area (Å²) in [6.07, 6.45) is 2.62. The first kappa shape index (κ1) is 17.4. The molecule has 1 unspecified atom stereocenters. The first-order valence-corrected chi connectivity index (χ1v) is 9.09. The number of carbonyl (C=O) groups is 1. The zero-order chi connectivity index (χ0) is 18.8. The van der Waals surface area contributed by atoms with Gasteiger partial charge < -0.3 is 9.42 Å². The highest BCUT2D eigenvalue weighted by molar-refractivity contribution is 5.94. The largest absolute Gasteiger partial charge is 0.337 e. The molecule has 1 amide bonds. The number of nitrogens with zero attached hydrogens (tertiary/aromatic N) is 3. The highest BCUT2D eigenvalue weighted by Gasteiger charge is 2.32. The van der Waals surface area contributed by atoms with Crippen LogP contribution >= 0.6 is 0 Å². The molecular formula is C21H20FN3O2. The van der Waals surface area contributed by atoms with Crippen LogP contribution in [0.3, 0.4) is 0 Å². The summed E-state index contributed by atoms with van der Waals surface area (Å²) in [7, 11) is 0. The number of halogens is 1. The summed E-state index contributed by atoms with van der Waals surface area (Å²) < 4.78 is 19.0. The number of hydrogen-bond acceptors (Lipinski definition) is 4. The lowest BCUT2D eigenvalue weighted by atomic mass is 10.0. The Morgan fingerprint density at radius 2 is 2.00 bits per heavy atom. The normalized spacial score (nSPS) is 17.1. The summed E-state index contributed by atoms with van der Waals surface area (Å²) in [4.78, 5) is 19.2. The molecule has 1 atom stereocenters. The third-order valence-electron chi connectivity index (χ3n) is 4.87. The number of carbonyl (C=O) groups excluding carboxylic acids is 1. The van der Waals surface area contributed by atoms with E-state index in [4.69, 9.17) is 4.52 Å². The molecule has 1 saturated heterocycles. The molecule has 0 aliphatic carbocycles. The Morgan fingerprint density at radius 1 is 1.19 bits per heavy atom. The van der Waals surface area contributed by atoms with Crippen molar-refractivity contribution in [3.63, 3.8) is 0 Å². The van der Waals surface area contributed by atoms with Crippen LogP contribution in [0.15, 0.2) is 53.1 Å². The summed E-state index contributed by atoms with van der Waals surface area (Å²) in [5, 5.41) is 4.09. The number of aromatic nitrogens is 2. The van der Waals surface area contributed by atoms with Crippen LogP contribution in [0.4, 0.5) is 4.39 Å². The van der Waals surface area contributed by atoms with Crippen molar-refractivity contribution in [3.05, 3.63) is 71.4 Å². The molecule has 0 radical (unpaired) electrons. The van der Waals surface area contributed by atoms with Crippen LogP contribution in [0.2, 0.25) is 0 Å². The molecule has 2 heterocycles. The lowest BCUT2D eigenvalue weighted by Crippen LogP contribution is -2.38. The van der Waals surface area contributed by atoms with Crippen LogP contribution in [0.5, 0.6) is 0 Å². The number of benzene rings is 2. The second kappa shape index (κ2) is 7.31. The molecule has 138 valence electrons. The maximum absolute atomic E-state index is 13.5. The van der Waals surface area contributed by atoms with Gasteiger partial charge in [0.1, 0.15) is 11.9 Å². The lowest BCUT2D eigenvalue weighted by Gasteiger charge is -2.33. The monoisotopic (exact) mass is 365 g/mol. The zero-order valence-electron chi connectivity index (χ0n) is 15.1. The van der Waals surface area contributed by atoms with Crippen LogP contribution in [0.1, 0.15) is 47.1 Å². The Bertz CT molecular complexity index is 952. The van der Waals surface area contributed by atoms with E-state index in [0.717, 1.165) is 30.4 Å². The Labute approximate surface area is 156 Å². The predicted molar refractivity (Wildman–Crippen MR) is 98.5 cm³/mol. The molecule has 6 heteroatoms. The molecule has 1 aliphatic heterocycles. The molecule has 1 aromatic heterocycles. The van der Waals surface area contributed by atoms with Gasteiger partial charge in [0.05, 0.1) is 0 Å². The van der Waals surface area contributed by atoms with E-state index in [9.17, 15) is 9.18 Å². The molecule has 0 saturated carbocycles. The smallest absolute Gasteiger partial charge is 0.254 e. The number of rotatable bonds is 3. The van der Waals surface area contributed by atoms with Gasteiger partial charge in [-0.1, -0.05) is 41.1 Å². The molecule has 0 N–H and O–H groups in total. The van der Waals surface area contributed by atoms with Crippen LogP contribution in [-0.4, -0.2) is 27.5 Å². The molecular weight excluding hydrogens is 345 g/mol. The van der Waals surface area contributed by atoms with E-state index in [2.05, 4.69) is 10.1 Å². The summed E-state index contributed by atoms with van der Waals surface area (Å²) in [5.41, 5.74) is 2.36. The third kappa shape index (κ3) is 3.60. The molecule has 4 rings (SSSR count). The second-order valence-corrected chi connectivity index (χ2v) is 6.84. The minimum Gasteiger partial charge on any atom is -0.337 e. The number of hydrogen-bond donors (Lipinski definition) is 0. The quantitative estimate of drug-likeness (QED) is 0.683. The zero-order valence-corrected chi connectivity index (χ0v) is 15.1. The summed E-state index contributed by atoms with van der Waals surface area (Å²) in [5.74, 6) is 0.298. The predicted octanol–water partition coefficient (Wildman–Crippen LogP) is 4.55. The average Bonchev–Trinajstić information content (AvgIpc) is 3.18. The van der Waals surface area contributed by atoms with Gasteiger partial charge in [0.2, 0.25) is 11.7 Å². The minimum absolute atomic E-state index is 0.214. The van der Waals surface area contributed by atoms with Gasteiger partial charge in [-0.25, -0.2) is 4.39 Å². The van der Waals surface area contributed by atoms with E-state index in [0.29, 0.717) is 23.8 Å². The van der Waals surface area contributed by atoms with Crippen molar-refractivity contribution in [3.8, 4) is 11.4 Å². The molecule has 0 bridgehead atoms. The molecule has 0 spiro atoms. The van der Waals surface area contributed by atoms with Crippen molar-refractivity contribution in [1.29, 1.82) is 0 Å². The van der Waals surface area contributed by atoms with Crippen molar-refractivity contribution < 1.29 is 13.7 Å². The average molecular weight is 365 g/mol. The van der Waals surface area contributed by atoms with Gasteiger partial charge in [0.15, 0.2) is 0 Å². The molecule has 1 aliphatic rings. The van der Waals surface area contributed by atoms with Crippen molar-refractivity contribution >= 4 is 5.91 Å². The number of piperidine rings is 1. The molecule has 3 aromatic rings. The number of amides is 1. The first-order valence-electron chi connectivity index (χ1n) is 9.09. The van der Waals surface area contributed by atoms with Crippen molar-refractivity contribution in [2.45, 2.75) is 32.2 Å². The van der Waals surface area contributed by atoms with Crippen molar-refractivity contribution in [1.82, 2.24) is 15.0 Å². The Balaban J connectivity index is 1.61. The Kier molecular flexibility index (Phi) is 4.71. The fourth-order valence-electron chi connectivity index (χ4n) is 3.41. The van der Waals surface area contributed by atoms with E-state index in [1.54, 1.807) is 17.0 Å². The van der Waals surface area contributed by atoms with Crippen molar-refractivity contribution in [2.75, 3.05) is 6.54 Å². The lowest BCUT2D eigenvalue weighted by molar-refractivity contribution is 0.0561. The minimum atomic E-state index is -0.422. The highest BCUT2D eigenvalue weighted by atomic mass is 19.1. The van der Waals surface area contributed by atoms with Gasteiger partial charge in [-0.15, -0.1) is 0 Å². The maximum atomic E-state index is 13.5. The Morgan fingerprint density at radius 3 is 2.78 bits per heavy atom. The molecule has 2 aromatic carbocycles. The fourth-order valence-corrected chi connectivity index (χ4v) is 3.41. The van der Waals surface area contributed by atoms with E-state index >= 15 is 0 Å². The molecule has 27 heavy (non-hydrogen) atoms. The SMILES string of the molecule is Cc1ccc(-c2noc(C3CCCCN3C(=O)c3cccc(F)c3)n2)cc1. The second-order valence-electron chi connectivity index (χ2n) is 6.84. The van der Waals surface area contributed by atoms with Crippen LogP contribution in [0.25, 0.3) is 11.4 Å². The van der Waals surface area contributed by atoms with Gasteiger partial charge in [-0.05, 0) is 44.4 Å².